The van der Waals surface area contributed by atoms with Gasteiger partial charge in [0.1, 0.15) is 0 Å². The Bertz CT molecular complexity index is 911. The van der Waals surface area contributed by atoms with Gasteiger partial charge < -0.3 is 11.1 Å². The fraction of sp³-hybridized carbons (Fsp3) is 0.429. The minimum Gasteiger partial charge on any atom is -0.378 e. The van der Waals surface area contributed by atoms with E-state index in [9.17, 15) is 13.2 Å². The summed E-state index contributed by atoms with van der Waals surface area (Å²) in [6.45, 7) is 2.75. The summed E-state index contributed by atoms with van der Waals surface area (Å²) in [7, 11) is -3.25. The lowest BCUT2D eigenvalue weighted by Gasteiger charge is -2.20. The molecule has 3 heterocycles. The van der Waals surface area contributed by atoms with Gasteiger partial charge >= 0.3 is 0 Å². The normalized spacial score (nSPS) is 22.1. The second kappa shape index (κ2) is 6.01. The standard InChI is InChI=1S/C14H18BrN5O3S/c1-8-5-19(24(2,22)23)7-11(8)18-13-10(14(16)21)4-17-20-6-9(15)3-12(13)20/h3-4,6,8,11,18H,5,7H2,1-2H3,(H2,16,21)/t8-,11-/m1/s1. The van der Waals surface area contributed by atoms with E-state index < -0.39 is 15.9 Å². The Hall–Kier alpha value is -1.65. The van der Waals surface area contributed by atoms with E-state index in [0.717, 1.165) is 4.47 Å². The average Bonchev–Trinajstić information content (AvgIpc) is 3.01. The number of hydrogen-bond acceptors (Lipinski definition) is 5. The van der Waals surface area contributed by atoms with Crippen molar-refractivity contribution in [3.8, 4) is 0 Å². The van der Waals surface area contributed by atoms with Crippen molar-refractivity contribution in [2.45, 2.75) is 13.0 Å². The Morgan fingerprint density at radius 2 is 2.17 bits per heavy atom. The van der Waals surface area contributed by atoms with Crippen molar-refractivity contribution < 1.29 is 13.2 Å². The van der Waals surface area contributed by atoms with Crippen LogP contribution in [0.2, 0.25) is 0 Å². The van der Waals surface area contributed by atoms with Gasteiger partial charge in [0.15, 0.2) is 0 Å². The molecular weight excluding hydrogens is 398 g/mol. The molecule has 0 unspecified atom stereocenters. The van der Waals surface area contributed by atoms with E-state index >= 15 is 0 Å². The zero-order valence-electron chi connectivity index (χ0n) is 13.2. The molecule has 2 aromatic heterocycles. The predicted molar refractivity (Wildman–Crippen MR) is 94.4 cm³/mol. The first-order chi connectivity index (χ1) is 11.2. The highest BCUT2D eigenvalue weighted by molar-refractivity contribution is 9.10. The van der Waals surface area contributed by atoms with Crippen molar-refractivity contribution in [1.82, 2.24) is 13.9 Å². The molecular formula is C14H18BrN5O3S. The third-order valence-corrected chi connectivity index (χ3v) is 5.92. The number of rotatable bonds is 4. The fourth-order valence-corrected chi connectivity index (χ4v) is 4.28. The van der Waals surface area contributed by atoms with Crippen molar-refractivity contribution in [3.63, 3.8) is 0 Å². The largest absolute Gasteiger partial charge is 0.378 e. The maximum Gasteiger partial charge on any atom is 0.252 e. The summed E-state index contributed by atoms with van der Waals surface area (Å²) in [5.41, 5.74) is 7.01. The molecule has 0 radical (unpaired) electrons. The first-order valence-electron chi connectivity index (χ1n) is 7.35. The molecule has 0 saturated carbocycles. The van der Waals surface area contributed by atoms with Gasteiger partial charge in [0.05, 0.1) is 29.2 Å². The molecule has 130 valence electrons. The number of aromatic nitrogens is 2. The summed E-state index contributed by atoms with van der Waals surface area (Å²) < 4.78 is 27.4. The lowest BCUT2D eigenvalue weighted by Crippen LogP contribution is -2.32. The summed E-state index contributed by atoms with van der Waals surface area (Å²) in [5.74, 6) is -0.498. The van der Waals surface area contributed by atoms with Gasteiger partial charge in [0.2, 0.25) is 10.0 Å². The number of sulfonamides is 1. The van der Waals surface area contributed by atoms with Crippen LogP contribution in [0, 0.1) is 5.92 Å². The molecule has 24 heavy (non-hydrogen) atoms. The quantitative estimate of drug-likeness (QED) is 0.769. The van der Waals surface area contributed by atoms with Crippen LogP contribution < -0.4 is 11.1 Å². The van der Waals surface area contributed by atoms with E-state index in [2.05, 4.69) is 26.3 Å². The molecule has 1 fully saturated rings. The number of carbonyl (C=O) groups excluding carboxylic acids is 1. The third kappa shape index (κ3) is 3.13. The van der Waals surface area contributed by atoms with Crippen LogP contribution in [0.15, 0.2) is 22.9 Å². The number of primary amides is 1. The summed E-state index contributed by atoms with van der Waals surface area (Å²) >= 11 is 3.39. The first-order valence-corrected chi connectivity index (χ1v) is 9.99. The molecule has 0 spiro atoms. The van der Waals surface area contributed by atoms with Gasteiger partial charge in [-0.05, 0) is 27.9 Å². The van der Waals surface area contributed by atoms with Gasteiger partial charge in [-0.25, -0.2) is 12.9 Å². The van der Waals surface area contributed by atoms with Crippen LogP contribution in [-0.2, 0) is 10.0 Å². The van der Waals surface area contributed by atoms with Gasteiger partial charge in [0, 0.05) is 29.8 Å². The van der Waals surface area contributed by atoms with Crippen LogP contribution in [0.5, 0.6) is 0 Å². The molecule has 1 aliphatic heterocycles. The summed E-state index contributed by atoms with van der Waals surface area (Å²) in [5, 5.41) is 7.48. The number of hydrogen-bond donors (Lipinski definition) is 2. The highest BCUT2D eigenvalue weighted by Crippen LogP contribution is 2.29. The van der Waals surface area contributed by atoms with Crippen molar-refractivity contribution in [2.75, 3.05) is 24.7 Å². The number of nitrogens with zero attached hydrogens (tertiary/aromatic N) is 3. The monoisotopic (exact) mass is 415 g/mol. The Morgan fingerprint density at radius 3 is 2.75 bits per heavy atom. The SMILES string of the molecule is C[C@@H]1CN(S(C)(=O)=O)C[C@H]1Nc1c(C(N)=O)cnn2cc(Br)cc12. The Morgan fingerprint density at radius 1 is 1.46 bits per heavy atom. The van der Waals surface area contributed by atoms with Crippen molar-refractivity contribution >= 4 is 43.1 Å². The second-order valence-corrected chi connectivity index (χ2v) is 8.99. The maximum atomic E-state index is 11.8. The Kier molecular flexibility index (Phi) is 4.30. The number of anilines is 1. The van der Waals surface area contributed by atoms with Crippen molar-refractivity contribution in [3.05, 3.63) is 28.5 Å². The zero-order valence-corrected chi connectivity index (χ0v) is 15.6. The summed E-state index contributed by atoms with van der Waals surface area (Å²) in [4.78, 5) is 11.8. The predicted octanol–water partition coefficient (Wildman–Crippen LogP) is 0.888. The number of nitrogens with two attached hydrogens (primary N) is 1. The second-order valence-electron chi connectivity index (χ2n) is 6.09. The van der Waals surface area contributed by atoms with Crippen LogP contribution in [-0.4, -0.2) is 53.6 Å². The van der Waals surface area contributed by atoms with E-state index in [0.29, 0.717) is 24.3 Å². The van der Waals surface area contributed by atoms with Crippen LogP contribution in [0.4, 0.5) is 5.69 Å². The maximum absolute atomic E-state index is 11.8. The minimum absolute atomic E-state index is 0.0899. The van der Waals surface area contributed by atoms with Crippen LogP contribution in [0.3, 0.4) is 0 Å². The lowest BCUT2D eigenvalue weighted by atomic mass is 10.1. The van der Waals surface area contributed by atoms with Gasteiger partial charge in [-0.15, -0.1) is 0 Å². The van der Waals surface area contributed by atoms with E-state index in [1.165, 1.54) is 16.8 Å². The average molecular weight is 416 g/mol. The Labute approximate surface area is 148 Å². The van der Waals surface area contributed by atoms with Crippen LogP contribution >= 0.6 is 15.9 Å². The molecule has 0 aromatic carbocycles. The molecule has 10 heteroatoms. The smallest absolute Gasteiger partial charge is 0.252 e. The highest BCUT2D eigenvalue weighted by atomic mass is 79.9. The first kappa shape index (κ1) is 17.2. The fourth-order valence-electron chi connectivity index (χ4n) is 2.93. The van der Waals surface area contributed by atoms with E-state index in [4.69, 9.17) is 5.73 Å². The molecule has 0 bridgehead atoms. The third-order valence-electron chi connectivity index (χ3n) is 4.25. The van der Waals surface area contributed by atoms with Gasteiger partial charge in [-0.2, -0.15) is 9.40 Å². The molecule has 8 nitrogen and oxygen atoms in total. The van der Waals surface area contributed by atoms with Crippen LogP contribution in [0.25, 0.3) is 5.52 Å². The minimum atomic E-state index is -3.25. The molecule has 2 aromatic rings. The molecule has 3 rings (SSSR count). The topological polar surface area (TPSA) is 110 Å². The highest BCUT2D eigenvalue weighted by Gasteiger charge is 2.35. The number of carbonyl (C=O) groups is 1. The summed E-state index contributed by atoms with van der Waals surface area (Å²) in [6.07, 6.45) is 4.38. The lowest BCUT2D eigenvalue weighted by molar-refractivity contribution is 0.100. The molecule has 0 aliphatic carbocycles. The van der Waals surface area contributed by atoms with Crippen LogP contribution in [0.1, 0.15) is 17.3 Å². The molecule has 1 aliphatic rings. The molecule has 3 N–H and O–H groups in total. The molecule has 1 amide bonds. The number of amides is 1. The van der Waals surface area contributed by atoms with E-state index in [1.807, 2.05) is 13.0 Å². The van der Waals surface area contributed by atoms with Gasteiger partial charge in [-0.3, -0.25) is 4.79 Å². The molecule has 2 atom stereocenters. The Balaban J connectivity index is 2.00. The van der Waals surface area contributed by atoms with Gasteiger partial charge in [0.25, 0.3) is 5.91 Å². The zero-order chi connectivity index (χ0) is 17.6. The summed E-state index contributed by atoms with van der Waals surface area (Å²) in [6, 6.07) is 1.70. The van der Waals surface area contributed by atoms with E-state index in [1.54, 1.807) is 10.7 Å². The molecule has 1 saturated heterocycles. The van der Waals surface area contributed by atoms with Gasteiger partial charge in [-0.1, -0.05) is 6.92 Å². The number of halogens is 1. The van der Waals surface area contributed by atoms with Crippen molar-refractivity contribution in [1.29, 1.82) is 0 Å². The van der Waals surface area contributed by atoms with E-state index in [-0.39, 0.29) is 17.5 Å². The van der Waals surface area contributed by atoms with Crippen molar-refractivity contribution in [2.24, 2.45) is 11.7 Å². The number of nitrogens with one attached hydrogen (secondary N) is 1. The number of fused-ring (bicyclic) bond motifs is 1.